The molecule has 6 heteroatoms. The Hall–Kier alpha value is -1.42. The number of rotatable bonds is 3. The van der Waals surface area contributed by atoms with Crippen molar-refractivity contribution in [1.29, 1.82) is 0 Å². The van der Waals surface area contributed by atoms with Crippen molar-refractivity contribution in [1.82, 2.24) is 0 Å². The molecule has 3 nitrogen and oxygen atoms in total. The van der Waals surface area contributed by atoms with Gasteiger partial charge in [-0.3, -0.25) is 0 Å². The molecule has 0 unspecified atom stereocenters. The van der Waals surface area contributed by atoms with Gasteiger partial charge < -0.3 is 10.1 Å². The highest BCUT2D eigenvalue weighted by Crippen LogP contribution is 2.33. The first-order valence-electron chi connectivity index (χ1n) is 6.11. The summed E-state index contributed by atoms with van der Waals surface area (Å²) in [7, 11) is 1.59. The first-order chi connectivity index (χ1) is 10.0. The molecule has 2 aromatic carbocycles. The molecule has 0 fully saturated rings. The third-order valence-electron chi connectivity index (χ3n) is 2.71. The highest BCUT2D eigenvalue weighted by molar-refractivity contribution is 6.39. The van der Waals surface area contributed by atoms with Crippen LogP contribution >= 0.6 is 34.8 Å². The Morgan fingerprint density at radius 2 is 1.71 bits per heavy atom. The summed E-state index contributed by atoms with van der Waals surface area (Å²) in [5.74, 6) is 1.31. The molecule has 0 amide bonds. The Morgan fingerprint density at radius 3 is 2.33 bits per heavy atom. The third kappa shape index (κ3) is 4.03. The molecule has 0 saturated carbocycles. The quantitative estimate of drug-likeness (QED) is 0.563. The molecule has 0 radical (unpaired) electrons. The van der Waals surface area contributed by atoms with Crippen molar-refractivity contribution in [2.75, 3.05) is 12.4 Å². The molecule has 2 rings (SSSR count). The largest absolute Gasteiger partial charge is 0.497 e. The fourth-order valence-corrected chi connectivity index (χ4v) is 2.36. The van der Waals surface area contributed by atoms with Crippen LogP contribution in [-0.2, 0) is 0 Å². The van der Waals surface area contributed by atoms with Crippen molar-refractivity contribution in [2.24, 2.45) is 4.99 Å². The molecule has 0 aromatic heterocycles. The maximum atomic E-state index is 6.14. The van der Waals surface area contributed by atoms with Crippen LogP contribution in [0.15, 0.2) is 41.4 Å². The Balaban J connectivity index is 2.29. The van der Waals surface area contributed by atoms with Crippen molar-refractivity contribution < 1.29 is 4.74 Å². The normalized spacial score (nSPS) is 11.4. The van der Waals surface area contributed by atoms with Crippen LogP contribution in [0, 0.1) is 0 Å². The number of para-hydroxylation sites is 1. The van der Waals surface area contributed by atoms with Crippen LogP contribution in [0.25, 0.3) is 0 Å². The summed E-state index contributed by atoms with van der Waals surface area (Å²) >= 11 is 18.3. The standard InChI is InChI=1S/C15H13Cl3N2O/c1-9(20-15-12(17)4-3-5-13(15)18)19-14-8-10(21-2)6-7-11(14)16/h3-8H,1-2H3,(H,19,20). The van der Waals surface area contributed by atoms with Gasteiger partial charge in [0.1, 0.15) is 17.3 Å². The average molecular weight is 344 g/mol. The predicted octanol–water partition coefficient (Wildman–Crippen LogP) is 5.82. The third-order valence-corrected chi connectivity index (χ3v) is 3.65. The molecular weight excluding hydrogens is 331 g/mol. The molecule has 0 bridgehead atoms. The number of nitrogens with one attached hydrogen (secondary N) is 1. The highest BCUT2D eigenvalue weighted by Gasteiger charge is 2.07. The van der Waals surface area contributed by atoms with Crippen molar-refractivity contribution in [2.45, 2.75) is 6.92 Å². The summed E-state index contributed by atoms with van der Waals surface area (Å²) in [5, 5.41) is 4.65. The van der Waals surface area contributed by atoms with E-state index >= 15 is 0 Å². The van der Waals surface area contributed by atoms with E-state index in [9.17, 15) is 0 Å². The lowest BCUT2D eigenvalue weighted by Crippen LogP contribution is -2.07. The molecular formula is C15H13Cl3N2O. The Bertz CT molecular complexity index is 666. The van der Waals surface area contributed by atoms with Gasteiger partial charge in [0.2, 0.25) is 0 Å². The zero-order valence-electron chi connectivity index (χ0n) is 11.5. The second-order valence-electron chi connectivity index (χ2n) is 4.24. The van der Waals surface area contributed by atoms with E-state index in [1.54, 1.807) is 50.4 Å². The fourth-order valence-electron chi connectivity index (χ4n) is 1.71. The minimum absolute atomic E-state index is 0.486. The van der Waals surface area contributed by atoms with E-state index in [-0.39, 0.29) is 0 Å². The van der Waals surface area contributed by atoms with Gasteiger partial charge in [0.25, 0.3) is 0 Å². The molecule has 2 aromatic rings. The zero-order chi connectivity index (χ0) is 15.4. The maximum absolute atomic E-state index is 6.14. The van der Waals surface area contributed by atoms with Gasteiger partial charge in [0.05, 0.1) is 27.9 Å². The lowest BCUT2D eigenvalue weighted by atomic mass is 10.3. The lowest BCUT2D eigenvalue weighted by Gasteiger charge is -2.10. The number of ether oxygens (including phenoxy) is 1. The summed E-state index contributed by atoms with van der Waals surface area (Å²) in [6, 6.07) is 10.6. The van der Waals surface area contributed by atoms with Gasteiger partial charge in [-0.2, -0.15) is 0 Å². The Kier molecular flexibility index (Phi) is 5.34. The van der Waals surface area contributed by atoms with Gasteiger partial charge in [-0.25, -0.2) is 4.99 Å². The summed E-state index contributed by atoms with van der Waals surface area (Å²) < 4.78 is 5.17. The molecule has 110 valence electrons. The number of hydrogen-bond donors (Lipinski definition) is 1. The number of halogens is 3. The van der Waals surface area contributed by atoms with E-state index in [2.05, 4.69) is 10.3 Å². The smallest absolute Gasteiger partial charge is 0.121 e. The van der Waals surface area contributed by atoms with Crippen molar-refractivity contribution in [3.63, 3.8) is 0 Å². The summed E-state index contributed by atoms with van der Waals surface area (Å²) in [5.41, 5.74) is 1.21. The van der Waals surface area contributed by atoms with Crippen LogP contribution in [0.5, 0.6) is 5.75 Å². The SMILES string of the molecule is COc1ccc(Cl)c(NC(C)=Nc2c(Cl)cccc2Cl)c1. The maximum Gasteiger partial charge on any atom is 0.121 e. The van der Waals surface area contributed by atoms with Crippen molar-refractivity contribution in [3.05, 3.63) is 51.5 Å². The number of nitrogens with zero attached hydrogens (tertiary/aromatic N) is 1. The highest BCUT2D eigenvalue weighted by atomic mass is 35.5. The second kappa shape index (κ2) is 7.03. The number of methoxy groups -OCH3 is 1. The molecule has 0 saturated heterocycles. The molecule has 0 aliphatic heterocycles. The van der Waals surface area contributed by atoms with Gasteiger partial charge in [-0.15, -0.1) is 0 Å². The van der Waals surface area contributed by atoms with Gasteiger partial charge in [0, 0.05) is 6.07 Å². The number of benzene rings is 2. The van der Waals surface area contributed by atoms with Gasteiger partial charge >= 0.3 is 0 Å². The molecule has 0 aliphatic rings. The zero-order valence-corrected chi connectivity index (χ0v) is 13.7. The van der Waals surface area contributed by atoms with E-state index in [0.717, 1.165) is 0 Å². The number of anilines is 1. The number of hydrogen-bond acceptors (Lipinski definition) is 2. The molecule has 1 N–H and O–H groups in total. The summed E-state index contributed by atoms with van der Waals surface area (Å²) in [4.78, 5) is 4.39. The monoisotopic (exact) mass is 342 g/mol. The van der Waals surface area contributed by atoms with E-state index in [1.807, 2.05) is 0 Å². The van der Waals surface area contributed by atoms with Crippen molar-refractivity contribution in [3.8, 4) is 5.75 Å². The van der Waals surface area contributed by atoms with Crippen LogP contribution in [0.3, 0.4) is 0 Å². The summed E-state index contributed by atoms with van der Waals surface area (Å²) in [6.45, 7) is 1.80. The summed E-state index contributed by atoms with van der Waals surface area (Å²) in [6.07, 6.45) is 0. The molecule has 0 heterocycles. The average Bonchev–Trinajstić information content (AvgIpc) is 2.45. The number of aliphatic imine (C=N–C) groups is 1. The second-order valence-corrected chi connectivity index (χ2v) is 5.46. The van der Waals surface area contributed by atoms with E-state index in [0.29, 0.717) is 38.0 Å². The molecule has 0 atom stereocenters. The first-order valence-corrected chi connectivity index (χ1v) is 7.24. The Morgan fingerprint density at radius 1 is 1.05 bits per heavy atom. The van der Waals surface area contributed by atoms with Crippen LogP contribution in [0.4, 0.5) is 11.4 Å². The van der Waals surface area contributed by atoms with Gasteiger partial charge in [0.15, 0.2) is 0 Å². The Labute approximate surface area is 138 Å². The van der Waals surface area contributed by atoms with E-state index < -0.39 is 0 Å². The van der Waals surface area contributed by atoms with Crippen molar-refractivity contribution >= 4 is 52.0 Å². The topological polar surface area (TPSA) is 33.6 Å². The fraction of sp³-hybridized carbons (Fsp3) is 0.133. The van der Waals surface area contributed by atoms with Crippen LogP contribution in [0.1, 0.15) is 6.92 Å². The van der Waals surface area contributed by atoms with E-state index in [4.69, 9.17) is 39.5 Å². The van der Waals surface area contributed by atoms with Gasteiger partial charge in [-0.1, -0.05) is 40.9 Å². The first kappa shape index (κ1) is 16.0. The predicted molar refractivity (Wildman–Crippen MR) is 90.9 cm³/mol. The van der Waals surface area contributed by atoms with Gasteiger partial charge in [-0.05, 0) is 31.2 Å². The minimum atomic E-state index is 0.486. The molecule has 0 spiro atoms. The molecule has 21 heavy (non-hydrogen) atoms. The van der Waals surface area contributed by atoms with Crippen LogP contribution < -0.4 is 10.1 Å². The molecule has 0 aliphatic carbocycles. The minimum Gasteiger partial charge on any atom is -0.497 e. The number of amidine groups is 1. The van der Waals surface area contributed by atoms with Crippen LogP contribution in [0.2, 0.25) is 15.1 Å². The van der Waals surface area contributed by atoms with E-state index in [1.165, 1.54) is 0 Å². The lowest BCUT2D eigenvalue weighted by molar-refractivity contribution is 0.415. The van der Waals surface area contributed by atoms with Crippen LogP contribution in [-0.4, -0.2) is 12.9 Å².